The molecule has 0 aliphatic rings. The molecule has 0 aliphatic heterocycles. The Hall–Kier alpha value is -3.50. The minimum Gasteiger partial charge on any atom is -0.480 e. The molecule has 1 aromatic carbocycles. The van der Waals surface area contributed by atoms with Gasteiger partial charge in [0, 0.05) is 56.9 Å². The number of aromatic nitrogens is 4. The summed E-state index contributed by atoms with van der Waals surface area (Å²) in [5, 5.41) is 15.3. The van der Waals surface area contributed by atoms with E-state index in [2.05, 4.69) is 20.6 Å². The Labute approximate surface area is 192 Å². The monoisotopic (exact) mass is 453 g/mol. The first kappa shape index (κ1) is 24.1. The van der Waals surface area contributed by atoms with Crippen LogP contribution in [0.3, 0.4) is 0 Å². The lowest BCUT2D eigenvalue weighted by Gasteiger charge is -2.16. The van der Waals surface area contributed by atoms with Gasteiger partial charge >= 0.3 is 5.97 Å². The van der Waals surface area contributed by atoms with Crippen LogP contribution < -0.4 is 16.4 Å². The number of carboxylic acid groups (broad SMARTS) is 1. The van der Waals surface area contributed by atoms with Crippen molar-refractivity contribution in [2.45, 2.75) is 37.9 Å². The molecule has 0 radical (unpaired) electrons. The van der Waals surface area contributed by atoms with Crippen LogP contribution in [0.1, 0.15) is 46.5 Å². The molecule has 10 nitrogen and oxygen atoms in total. The number of carbonyl (C=O) groups is 2. The van der Waals surface area contributed by atoms with Gasteiger partial charge in [-0.1, -0.05) is 12.1 Å². The average molecular weight is 454 g/mol. The largest absolute Gasteiger partial charge is 0.480 e. The molecule has 0 saturated carbocycles. The third kappa shape index (κ3) is 6.74. The molecule has 2 heterocycles. The zero-order valence-corrected chi connectivity index (χ0v) is 18.9. The lowest BCUT2D eigenvalue weighted by molar-refractivity contribution is -0.139. The Morgan fingerprint density at radius 3 is 2.27 bits per heavy atom. The summed E-state index contributed by atoms with van der Waals surface area (Å²) in [6.07, 6.45) is 8.69. The van der Waals surface area contributed by atoms with Gasteiger partial charge < -0.3 is 30.6 Å². The number of nitrogens with zero attached hydrogens (tertiary/aromatic N) is 4. The molecule has 2 aromatic heterocycles. The molecule has 0 spiro atoms. The van der Waals surface area contributed by atoms with Gasteiger partial charge in [0.05, 0.1) is 6.54 Å². The van der Waals surface area contributed by atoms with Crippen LogP contribution in [0.25, 0.3) is 0 Å². The fourth-order valence-corrected chi connectivity index (χ4v) is 3.49. The topological polar surface area (TPSA) is 140 Å². The second kappa shape index (κ2) is 11.4. The molecule has 0 aliphatic carbocycles. The first-order valence-electron chi connectivity index (χ1n) is 10.9. The van der Waals surface area contributed by atoms with E-state index < -0.39 is 17.9 Å². The summed E-state index contributed by atoms with van der Waals surface area (Å²) in [5.74, 6) is 0.304. The smallest absolute Gasteiger partial charge is 0.326 e. The zero-order valence-electron chi connectivity index (χ0n) is 18.9. The van der Waals surface area contributed by atoms with E-state index in [0.717, 1.165) is 17.2 Å². The Bertz CT molecular complexity index is 1060. The molecule has 5 N–H and O–H groups in total. The van der Waals surface area contributed by atoms with E-state index in [-0.39, 0.29) is 6.04 Å². The zero-order chi connectivity index (χ0) is 23.8. The van der Waals surface area contributed by atoms with E-state index in [4.69, 9.17) is 5.73 Å². The van der Waals surface area contributed by atoms with Crippen molar-refractivity contribution in [3.05, 3.63) is 71.8 Å². The summed E-state index contributed by atoms with van der Waals surface area (Å²) in [7, 11) is 3.83. The van der Waals surface area contributed by atoms with Crippen LogP contribution in [0.15, 0.2) is 49.1 Å². The highest BCUT2D eigenvalue weighted by Crippen LogP contribution is 2.16. The molecule has 176 valence electrons. The van der Waals surface area contributed by atoms with Gasteiger partial charge in [-0.2, -0.15) is 0 Å². The predicted molar refractivity (Wildman–Crippen MR) is 123 cm³/mol. The Kier molecular flexibility index (Phi) is 8.34. The Morgan fingerprint density at radius 1 is 1.06 bits per heavy atom. The highest BCUT2D eigenvalue weighted by Gasteiger charge is 2.20. The summed E-state index contributed by atoms with van der Waals surface area (Å²) in [5.41, 5.74) is 7.55. The molecule has 0 fully saturated rings. The van der Waals surface area contributed by atoms with Gasteiger partial charge in [-0.25, -0.2) is 14.8 Å². The lowest BCUT2D eigenvalue weighted by atomic mass is 10.0. The number of rotatable bonds is 12. The lowest BCUT2D eigenvalue weighted by Crippen LogP contribution is -2.41. The number of nitrogens with one attached hydrogen (secondary N) is 2. The van der Waals surface area contributed by atoms with Crippen molar-refractivity contribution in [3.8, 4) is 0 Å². The van der Waals surface area contributed by atoms with E-state index >= 15 is 0 Å². The first-order chi connectivity index (χ1) is 15.8. The highest BCUT2D eigenvalue weighted by molar-refractivity contribution is 5.96. The summed E-state index contributed by atoms with van der Waals surface area (Å²) < 4.78 is 3.84. The normalized spacial score (nSPS) is 12.9. The van der Waals surface area contributed by atoms with E-state index in [1.807, 2.05) is 35.6 Å². The standard InChI is InChI=1S/C23H31N7O3/c1-29-12-10-26-20(29)14-18(24)16-5-7-17(8-6-16)22(31)28-19(23(32)33)4-3-9-25-15-21-27-11-13-30(21)2/h5-8,10-13,18-19,25H,3-4,9,14-15,24H2,1-2H3,(H,28,31)(H,32,33). The average Bonchev–Trinajstić information content (AvgIpc) is 3.40. The third-order valence-electron chi connectivity index (χ3n) is 5.58. The van der Waals surface area contributed by atoms with E-state index in [0.29, 0.717) is 37.9 Å². The van der Waals surface area contributed by atoms with Gasteiger partial charge in [0.15, 0.2) is 0 Å². The van der Waals surface area contributed by atoms with Crippen molar-refractivity contribution in [1.29, 1.82) is 0 Å². The fourth-order valence-electron chi connectivity index (χ4n) is 3.49. The molecular weight excluding hydrogens is 422 g/mol. The Morgan fingerprint density at radius 2 is 1.70 bits per heavy atom. The maximum absolute atomic E-state index is 12.6. The number of carbonyl (C=O) groups excluding carboxylic acids is 1. The number of hydrogen-bond acceptors (Lipinski definition) is 6. The quantitative estimate of drug-likeness (QED) is 0.302. The SMILES string of the molecule is Cn1ccnc1CNCCCC(NC(=O)c1ccc(C(N)Cc2nccn2C)cc1)C(=O)O. The summed E-state index contributed by atoms with van der Waals surface area (Å²) in [6, 6.07) is 5.69. The maximum Gasteiger partial charge on any atom is 0.326 e. The molecule has 1 amide bonds. The van der Waals surface area contributed by atoms with Gasteiger partial charge in [-0.3, -0.25) is 4.79 Å². The first-order valence-corrected chi connectivity index (χ1v) is 10.9. The van der Waals surface area contributed by atoms with Crippen LogP contribution >= 0.6 is 0 Å². The number of hydrogen-bond donors (Lipinski definition) is 4. The van der Waals surface area contributed by atoms with Gasteiger partial charge in [0.25, 0.3) is 5.91 Å². The van der Waals surface area contributed by atoms with Crippen molar-refractivity contribution in [2.75, 3.05) is 6.54 Å². The summed E-state index contributed by atoms with van der Waals surface area (Å²) in [6.45, 7) is 1.22. The molecular formula is C23H31N7O3. The summed E-state index contributed by atoms with van der Waals surface area (Å²) in [4.78, 5) is 32.7. The Balaban J connectivity index is 1.47. The molecule has 3 aromatic rings. The van der Waals surface area contributed by atoms with Gasteiger partial charge in [0.1, 0.15) is 17.7 Å². The van der Waals surface area contributed by atoms with Gasteiger partial charge in [0.2, 0.25) is 0 Å². The molecule has 2 atom stereocenters. The fraction of sp³-hybridized carbons (Fsp3) is 0.391. The third-order valence-corrected chi connectivity index (χ3v) is 5.58. The summed E-state index contributed by atoms with van der Waals surface area (Å²) >= 11 is 0. The molecule has 33 heavy (non-hydrogen) atoms. The number of imidazole rings is 2. The van der Waals surface area contributed by atoms with Crippen LogP contribution in [0.2, 0.25) is 0 Å². The molecule has 10 heteroatoms. The van der Waals surface area contributed by atoms with Crippen LogP contribution in [0, 0.1) is 0 Å². The second-order valence-electron chi connectivity index (χ2n) is 8.02. The van der Waals surface area contributed by atoms with E-state index in [1.165, 1.54) is 0 Å². The highest BCUT2D eigenvalue weighted by atomic mass is 16.4. The predicted octanol–water partition coefficient (Wildman–Crippen LogP) is 1.15. The van der Waals surface area contributed by atoms with Crippen molar-refractivity contribution < 1.29 is 14.7 Å². The van der Waals surface area contributed by atoms with Crippen molar-refractivity contribution in [2.24, 2.45) is 19.8 Å². The van der Waals surface area contributed by atoms with Gasteiger partial charge in [-0.05, 0) is 37.1 Å². The van der Waals surface area contributed by atoms with E-state index in [9.17, 15) is 14.7 Å². The van der Waals surface area contributed by atoms with Crippen LogP contribution in [0.4, 0.5) is 0 Å². The van der Waals surface area contributed by atoms with Crippen molar-refractivity contribution in [3.63, 3.8) is 0 Å². The van der Waals surface area contributed by atoms with E-state index in [1.54, 1.807) is 36.7 Å². The molecule has 3 rings (SSSR count). The molecule has 0 bridgehead atoms. The molecule has 2 unspecified atom stereocenters. The number of benzene rings is 1. The number of amides is 1. The molecule has 0 saturated heterocycles. The van der Waals surface area contributed by atoms with Crippen LogP contribution in [-0.2, 0) is 31.9 Å². The number of carboxylic acids is 1. The van der Waals surface area contributed by atoms with Crippen LogP contribution in [0.5, 0.6) is 0 Å². The van der Waals surface area contributed by atoms with Crippen LogP contribution in [-0.4, -0.2) is 48.7 Å². The maximum atomic E-state index is 12.6. The minimum absolute atomic E-state index is 0.256. The minimum atomic E-state index is -1.05. The van der Waals surface area contributed by atoms with Crippen molar-refractivity contribution >= 4 is 11.9 Å². The van der Waals surface area contributed by atoms with Crippen molar-refractivity contribution in [1.82, 2.24) is 29.7 Å². The number of aryl methyl sites for hydroxylation is 2. The number of aliphatic carboxylic acids is 1. The van der Waals surface area contributed by atoms with Gasteiger partial charge in [-0.15, -0.1) is 0 Å². The second-order valence-corrected chi connectivity index (χ2v) is 8.02. The number of nitrogens with two attached hydrogens (primary N) is 1.